The van der Waals surface area contributed by atoms with E-state index in [1.807, 2.05) is 18.2 Å². The molecule has 4 heteroatoms. The number of hydrogen-bond acceptors (Lipinski definition) is 4. The van der Waals surface area contributed by atoms with Crippen molar-refractivity contribution in [1.82, 2.24) is 0 Å². The minimum absolute atomic E-state index is 0.210. The van der Waals surface area contributed by atoms with E-state index in [1.54, 1.807) is 0 Å². The summed E-state index contributed by atoms with van der Waals surface area (Å²) >= 11 is 0. The summed E-state index contributed by atoms with van der Waals surface area (Å²) in [6.07, 6.45) is 0.660. The summed E-state index contributed by atoms with van der Waals surface area (Å²) in [5.41, 5.74) is 7.47. The number of rotatable bonds is 2. The molecule has 0 amide bonds. The Morgan fingerprint density at radius 2 is 2.44 bits per heavy atom. The second kappa shape index (κ2) is 4.53. The van der Waals surface area contributed by atoms with Crippen molar-refractivity contribution in [3.05, 3.63) is 29.3 Å². The zero-order chi connectivity index (χ0) is 11.5. The fourth-order valence-corrected chi connectivity index (χ4v) is 1.96. The number of benzene rings is 1. The smallest absolute Gasteiger partial charge is 0.313 e. The van der Waals surface area contributed by atoms with Gasteiger partial charge in [0.1, 0.15) is 5.75 Å². The molecule has 86 valence electrons. The third-order valence-electron chi connectivity index (χ3n) is 2.84. The van der Waals surface area contributed by atoms with Crippen molar-refractivity contribution in [2.75, 3.05) is 13.7 Å². The maximum Gasteiger partial charge on any atom is 0.313 e. The van der Waals surface area contributed by atoms with Crippen molar-refractivity contribution < 1.29 is 14.3 Å². The summed E-state index contributed by atoms with van der Waals surface area (Å²) < 4.78 is 10.3. The predicted octanol–water partition coefficient (Wildman–Crippen LogP) is 1.18. The Bertz CT molecular complexity index is 403. The molecule has 1 aromatic carbocycles. The van der Waals surface area contributed by atoms with Gasteiger partial charge in [0.2, 0.25) is 0 Å². The molecule has 2 N–H and O–H groups in total. The Balaban J connectivity index is 2.39. The van der Waals surface area contributed by atoms with E-state index in [4.69, 9.17) is 15.2 Å². The second-order valence-corrected chi connectivity index (χ2v) is 3.79. The van der Waals surface area contributed by atoms with Crippen LogP contribution in [0.15, 0.2) is 18.2 Å². The molecule has 0 saturated carbocycles. The number of carbonyl (C=O) groups excluding carboxylic acids is 1. The highest BCUT2D eigenvalue weighted by Gasteiger charge is 2.28. The monoisotopic (exact) mass is 221 g/mol. The standard InChI is InChI=1S/C12H15NO3/c1-15-12(14)9-4-5-16-11-3-2-8(7-13)6-10(9)11/h2-3,6,9H,4-5,7,13H2,1H3. The molecular formula is C12H15NO3. The van der Waals surface area contributed by atoms with Gasteiger partial charge in [0, 0.05) is 12.1 Å². The third-order valence-corrected chi connectivity index (χ3v) is 2.84. The number of fused-ring (bicyclic) bond motifs is 1. The quantitative estimate of drug-likeness (QED) is 0.762. The van der Waals surface area contributed by atoms with E-state index in [0.717, 1.165) is 16.9 Å². The van der Waals surface area contributed by atoms with Crippen LogP contribution in [0.25, 0.3) is 0 Å². The van der Waals surface area contributed by atoms with Gasteiger partial charge in [-0.25, -0.2) is 0 Å². The molecule has 16 heavy (non-hydrogen) atoms. The Labute approximate surface area is 94.3 Å². The lowest BCUT2D eigenvalue weighted by Gasteiger charge is -2.24. The van der Waals surface area contributed by atoms with Gasteiger partial charge in [0.05, 0.1) is 19.6 Å². The first-order valence-electron chi connectivity index (χ1n) is 5.29. The second-order valence-electron chi connectivity index (χ2n) is 3.79. The summed E-state index contributed by atoms with van der Waals surface area (Å²) in [7, 11) is 1.41. The number of nitrogens with two attached hydrogens (primary N) is 1. The van der Waals surface area contributed by atoms with Crippen molar-refractivity contribution >= 4 is 5.97 Å². The maximum absolute atomic E-state index is 11.6. The topological polar surface area (TPSA) is 61.5 Å². The number of ether oxygens (including phenoxy) is 2. The molecule has 0 spiro atoms. The van der Waals surface area contributed by atoms with E-state index in [1.165, 1.54) is 7.11 Å². The van der Waals surface area contributed by atoms with Crippen LogP contribution in [0.5, 0.6) is 5.75 Å². The van der Waals surface area contributed by atoms with Crippen molar-refractivity contribution in [1.29, 1.82) is 0 Å². The van der Waals surface area contributed by atoms with Gasteiger partial charge in [-0.3, -0.25) is 4.79 Å². The highest BCUT2D eigenvalue weighted by atomic mass is 16.5. The molecule has 0 bridgehead atoms. The summed E-state index contributed by atoms with van der Waals surface area (Å²) in [6.45, 7) is 1.01. The van der Waals surface area contributed by atoms with Gasteiger partial charge in [-0.05, 0) is 24.1 Å². The van der Waals surface area contributed by atoms with Crippen LogP contribution in [-0.4, -0.2) is 19.7 Å². The average molecular weight is 221 g/mol. The van der Waals surface area contributed by atoms with Gasteiger partial charge in [-0.2, -0.15) is 0 Å². The maximum atomic E-state index is 11.6. The molecule has 0 aromatic heterocycles. The van der Waals surface area contributed by atoms with Crippen LogP contribution in [-0.2, 0) is 16.1 Å². The fraction of sp³-hybridized carbons (Fsp3) is 0.417. The molecule has 0 radical (unpaired) electrons. The minimum Gasteiger partial charge on any atom is -0.493 e. The molecule has 0 saturated heterocycles. The summed E-state index contributed by atoms with van der Waals surface area (Å²) in [6, 6.07) is 5.71. The van der Waals surface area contributed by atoms with Gasteiger partial charge in [-0.15, -0.1) is 0 Å². The van der Waals surface area contributed by atoms with E-state index in [9.17, 15) is 4.79 Å². The van der Waals surface area contributed by atoms with Crippen LogP contribution in [0.3, 0.4) is 0 Å². The third kappa shape index (κ3) is 1.88. The van der Waals surface area contributed by atoms with Gasteiger partial charge in [0.25, 0.3) is 0 Å². The predicted molar refractivity (Wildman–Crippen MR) is 59.2 cm³/mol. The Morgan fingerprint density at radius 1 is 1.62 bits per heavy atom. The van der Waals surface area contributed by atoms with Crippen LogP contribution >= 0.6 is 0 Å². The van der Waals surface area contributed by atoms with Gasteiger partial charge in [-0.1, -0.05) is 6.07 Å². The van der Waals surface area contributed by atoms with Crippen LogP contribution in [0, 0.1) is 0 Å². The van der Waals surface area contributed by atoms with Crippen LogP contribution in [0.4, 0.5) is 0 Å². The van der Waals surface area contributed by atoms with Gasteiger partial charge < -0.3 is 15.2 Å². The Hall–Kier alpha value is -1.55. The molecule has 0 fully saturated rings. The molecule has 1 atom stereocenters. The van der Waals surface area contributed by atoms with Crippen molar-refractivity contribution in [3.8, 4) is 5.75 Å². The number of methoxy groups -OCH3 is 1. The SMILES string of the molecule is COC(=O)C1CCOc2ccc(CN)cc21. The van der Waals surface area contributed by atoms with Crippen molar-refractivity contribution in [2.45, 2.75) is 18.9 Å². The lowest BCUT2D eigenvalue weighted by Crippen LogP contribution is -2.22. The highest BCUT2D eigenvalue weighted by molar-refractivity contribution is 5.79. The average Bonchev–Trinajstić information content (AvgIpc) is 2.36. The normalized spacial score (nSPS) is 18.5. The largest absolute Gasteiger partial charge is 0.493 e. The van der Waals surface area contributed by atoms with Crippen molar-refractivity contribution in [2.24, 2.45) is 5.73 Å². The number of carbonyl (C=O) groups is 1. The van der Waals surface area contributed by atoms with E-state index >= 15 is 0 Å². The first-order valence-corrected chi connectivity index (χ1v) is 5.29. The molecule has 1 aliphatic rings. The van der Waals surface area contributed by atoms with E-state index in [2.05, 4.69) is 0 Å². The van der Waals surface area contributed by atoms with Crippen LogP contribution < -0.4 is 10.5 Å². The Kier molecular flexibility index (Phi) is 3.10. The number of hydrogen-bond donors (Lipinski definition) is 1. The summed E-state index contributed by atoms with van der Waals surface area (Å²) in [5, 5.41) is 0. The van der Waals surface area contributed by atoms with Gasteiger partial charge >= 0.3 is 5.97 Å². The highest BCUT2D eigenvalue weighted by Crippen LogP contribution is 2.34. The van der Waals surface area contributed by atoms with Crippen LogP contribution in [0.2, 0.25) is 0 Å². The molecule has 4 nitrogen and oxygen atoms in total. The molecule has 1 aliphatic heterocycles. The zero-order valence-corrected chi connectivity index (χ0v) is 9.23. The van der Waals surface area contributed by atoms with Crippen LogP contribution in [0.1, 0.15) is 23.5 Å². The first-order chi connectivity index (χ1) is 7.76. The Morgan fingerprint density at radius 3 is 3.12 bits per heavy atom. The minimum atomic E-state index is -0.222. The number of esters is 1. The van der Waals surface area contributed by atoms with E-state index in [0.29, 0.717) is 19.6 Å². The van der Waals surface area contributed by atoms with E-state index < -0.39 is 0 Å². The molecule has 1 heterocycles. The first kappa shape index (κ1) is 11.0. The molecular weight excluding hydrogens is 206 g/mol. The van der Waals surface area contributed by atoms with E-state index in [-0.39, 0.29) is 11.9 Å². The lowest BCUT2D eigenvalue weighted by molar-refractivity contribution is -0.143. The molecule has 1 unspecified atom stereocenters. The van der Waals surface area contributed by atoms with Crippen molar-refractivity contribution in [3.63, 3.8) is 0 Å². The molecule has 1 aromatic rings. The summed E-state index contributed by atoms with van der Waals surface area (Å²) in [4.78, 5) is 11.6. The fourth-order valence-electron chi connectivity index (χ4n) is 1.96. The molecule has 2 rings (SSSR count). The zero-order valence-electron chi connectivity index (χ0n) is 9.23. The van der Waals surface area contributed by atoms with Gasteiger partial charge in [0.15, 0.2) is 0 Å². The lowest BCUT2D eigenvalue weighted by atomic mass is 9.92. The summed E-state index contributed by atoms with van der Waals surface area (Å²) in [5.74, 6) is 0.331. The molecule has 0 aliphatic carbocycles.